The van der Waals surface area contributed by atoms with Crippen molar-refractivity contribution in [2.45, 2.75) is 19.0 Å². The highest BCUT2D eigenvalue weighted by Gasteiger charge is 2.23. The minimum atomic E-state index is -0.0197. The summed E-state index contributed by atoms with van der Waals surface area (Å²) in [7, 11) is 1.82. The first kappa shape index (κ1) is 17.7. The van der Waals surface area contributed by atoms with Gasteiger partial charge in [-0.2, -0.15) is 4.80 Å². The number of nitrogens with one attached hydrogen (secondary N) is 1. The van der Waals surface area contributed by atoms with Crippen molar-refractivity contribution in [1.29, 1.82) is 0 Å². The lowest BCUT2D eigenvalue weighted by Crippen LogP contribution is -2.40. The first-order valence-electron chi connectivity index (χ1n) is 7.13. The first-order chi connectivity index (χ1) is 10.6. The number of halogens is 2. The minimum Gasteiger partial charge on any atom is -0.340 e. The molecule has 1 aliphatic heterocycles. The van der Waals surface area contributed by atoms with Gasteiger partial charge in [0.1, 0.15) is 6.54 Å². The zero-order chi connectivity index (χ0) is 15.5. The van der Waals surface area contributed by atoms with Crippen LogP contribution in [0.4, 0.5) is 0 Å². The van der Waals surface area contributed by atoms with Crippen molar-refractivity contribution in [2.24, 2.45) is 0 Å². The number of amides is 1. The highest BCUT2D eigenvalue weighted by molar-refractivity contribution is 6.30. The average molecular weight is 357 g/mol. The third-order valence-electron chi connectivity index (χ3n) is 3.81. The molecule has 1 aliphatic rings. The average Bonchev–Trinajstić information content (AvgIpc) is 3.18. The molecule has 2 aromatic rings. The summed E-state index contributed by atoms with van der Waals surface area (Å²) in [5.41, 5.74) is 0.816. The summed E-state index contributed by atoms with van der Waals surface area (Å²) in [6.45, 7) is 1.88. The normalized spacial score (nSPS) is 16.9. The lowest BCUT2D eigenvalue weighted by Gasteiger charge is -2.23. The molecule has 1 unspecified atom stereocenters. The Morgan fingerprint density at radius 1 is 1.43 bits per heavy atom. The van der Waals surface area contributed by atoms with Crippen molar-refractivity contribution in [3.63, 3.8) is 0 Å². The lowest BCUT2D eigenvalue weighted by atomic mass is 10.2. The molecule has 1 aromatic heterocycles. The topological polar surface area (TPSA) is 75.9 Å². The summed E-state index contributed by atoms with van der Waals surface area (Å²) in [6, 6.07) is 7.42. The lowest BCUT2D eigenvalue weighted by molar-refractivity contribution is -0.132. The van der Waals surface area contributed by atoms with Crippen LogP contribution in [0.25, 0.3) is 11.4 Å². The molecule has 1 fully saturated rings. The van der Waals surface area contributed by atoms with Gasteiger partial charge in [0.05, 0.1) is 0 Å². The maximum Gasteiger partial charge on any atom is 0.246 e. The van der Waals surface area contributed by atoms with Crippen LogP contribution >= 0.6 is 24.0 Å². The van der Waals surface area contributed by atoms with E-state index >= 15 is 0 Å². The number of carbonyl (C=O) groups excluding carboxylic acids is 1. The fourth-order valence-electron chi connectivity index (χ4n) is 2.43. The quantitative estimate of drug-likeness (QED) is 0.891. The summed E-state index contributed by atoms with van der Waals surface area (Å²) in [6.07, 6.45) is 0.975. The van der Waals surface area contributed by atoms with Crippen molar-refractivity contribution in [3.8, 4) is 11.4 Å². The van der Waals surface area contributed by atoms with E-state index in [2.05, 4.69) is 20.7 Å². The summed E-state index contributed by atoms with van der Waals surface area (Å²) in [4.78, 5) is 15.3. The van der Waals surface area contributed by atoms with Crippen molar-refractivity contribution in [3.05, 3.63) is 29.3 Å². The predicted molar refractivity (Wildman–Crippen MR) is 89.6 cm³/mol. The van der Waals surface area contributed by atoms with E-state index in [1.54, 1.807) is 17.0 Å². The molecule has 1 atom stereocenters. The van der Waals surface area contributed by atoms with E-state index in [4.69, 9.17) is 11.6 Å². The molecular weight excluding hydrogens is 339 g/mol. The third kappa shape index (κ3) is 4.19. The van der Waals surface area contributed by atoms with Gasteiger partial charge in [-0.05, 0) is 42.4 Å². The van der Waals surface area contributed by atoms with Crippen molar-refractivity contribution >= 4 is 29.9 Å². The second-order valence-corrected chi connectivity index (χ2v) is 5.74. The Bertz CT molecular complexity index is 654. The molecule has 1 amide bonds. The van der Waals surface area contributed by atoms with Crippen molar-refractivity contribution in [1.82, 2.24) is 30.4 Å². The molecule has 0 aliphatic carbocycles. The van der Waals surface area contributed by atoms with Gasteiger partial charge in [0.25, 0.3) is 0 Å². The van der Waals surface area contributed by atoms with Gasteiger partial charge in [0.2, 0.25) is 11.7 Å². The maximum absolute atomic E-state index is 12.2. The smallest absolute Gasteiger partial charge is 0.246 e. The molecule has 23 heavy (non-hydrogen) atoms. The Morgan fingerprint density at radius 2 is 2.17 bits per heavy atom. The zero-order valence-electron chi connectivity index (χ0n) is 12.6. The van der Waals surface area contributed by atoms with Gasteiger partial charge in [-0.3, -0.25) is 4.79 Å². The molecule has 7 nitrogen and oxygen atoms in total. The second-order valence-electron chi connectivity index (χ2n) is 5.30. The van der Waals surface area contributed by atoms with Gasteiger partial charge in [-0.25, -0.2) is 0 Å². The molecule has 1 saturated heterocycles. The fourth-order valence-corrected chi connectivity index (χ4v) is 2.56. The minimum absolute atomic E-state index is 0. The Hall–Kier alpha value is -1.70. The molecule has 124 valence electrons. The number of aromatic nitrogens is 4. The third-order valence-corrected chi connectivity index (χ3v) is 4.06. The number of nitrogens with zero attached hydrogens (tertiary/aromatic N) is 5. The summed E-state index contributed by atoms with van der Waals surface area (Å²) in [5.74, 6) is 0.461. The van der Waals surface area contributed by atoms with Gasteiger partial charge < -0.3 is 10.2 Å². The number of carbonyl (C=O) groups is 1. The maximum atomic E-state index is 12.2. The highest BCUT2D eigenvalue weighted by Crippen LogP contribution is 2.17. The molecule has 9 heteroatoms. The number of tetrazole rings is 1. The standard InChI is InChI=1S/C14H17ClN6O.ClH/c1-20(12-6-7-16-8-12)13(22)9-21-18-14(17-19-21)10-2-4-11(15)5-3-10;/h2-5,12,16H,6-9H2,1H3;1H. The van der Waals surface area contributed by atoms with Crippen LogP contribution in [-0.2, 0) is 11.3 Å². The van der Waals surface area contributed by atoms with E-state index in [9.17, 15) is 4.79 Å². The van der Waals surface area contributed by atoms with E-state index < -0.39 is 0 Å². The molecule has 1 N–H and O–H groups in total. The van der Waals surface area contributed by atoms with Crippen LogP contribution in [0.1, 0.15) is 6.42 Å². The van der Waals surface area contributed by atoms with E-state index in [0.717, 1.165) is 25.1 Å². The molecule has 2 heterocycles. The van der Waals surface area contributed by atoms with Crippen LogP contribution in [-0.4, -0.2) is 57.2 Å². The number of likely N-dealkylation sites (N-methyl/N-ethyl adjacent to an activating group) is 1. The van der Waals surface area contributed by atoms with Crippen LogP contribution in [0.5, 0.6) is 0 Å². The van der Waals surface area contributed by atoms with Crippen LogP contribution in [0.15, 0.2) is 24.3 Å². The number of hydrogen-bond donors (Lipinski definition) is 1. The van der Waals surface area contributed by atoms with Crippen molar-refractivity contribution in [2.75, 3.05) is 20.1 Å². The van der Waals surface area contributed by atoms with Gasteiger partial charge in [0.15, 0.2) is 0 Å². The van der Waals surface area contributed by atoms with Gasteiger partial charge in [-0.1, -0.05) is 11.6 Å². The number of hydrogen-bond acceptors (Lipinski definition) is 5. The van der Waals surface area contributed by atoms with Crippen molar-refractivity contribution < 1.29 is 4.79 Å². The Labute approximate surface area is 145 Å². The summed E-state index contributed by atoms with van der Waals surface area (Å²) >= 11 is 5.85. The van der Waals surface area contributed by atoms with Gasteiger partial charge >= 0.3 is 0 Å². The van der Waals surface area contributed by atoms with Crippen LogP contribution in [0, 0.1) is 0 Å². The molecule has 3 rings (SSSR count). The highest BCUT2D eigenvalue weighted by atomic mass is 35.5. The number of rotatable bonds is 4. The monoisotopic (exact) mass is 356 g/mol. The zero-order valence-corrected chi connectivity index (χ0v) is 14.2. The largest absolute Gasteiger partial charge is 0.340 e. The first-order valence-corrected chi connectivity index (χ1v) is 7.51. The Balaban J connectivity index is 0.00000192. The van der Waals surface area contributed by atoms with E-state index in [1.165, 1.54) is 4.80 Å². The van der Waals surface area contributed by atoms with E-state index in [-0.39, 0.29) is 30.9 Å². The summed E-state index contributed by atoms with van der Waals surface area (Å²) in [5, 5.41) is 16.1. The van der Waals surface area contributed by atoms with Crippen LogP contribution in [0.2, 0.25) is 5.02 Å². The Kier molecular flexibility index (Phi) is 5.92. The fraction of sp³-hybridized carbons (Fsp3) is 0.429. The SMILES string of the molecule is CN(C(=O)Cn1nnc(-c2ccc(Cl)cc2)n1)C1CCNC1.Cl. The Morgan fingerprint density at radius 3 is 2.83 bits per heavy atom. The molecule has 0 saturated carbocycles. The van der Waals surface area contributed by atoms with Gasteiger partial charge in [-0.15, -0.1) is 22.6 Å². The number of benzene rings is 1. The van der Waals surface area contributed by atoms with Gasteiger partial charge in [0, 0.05) is 30.2 Å². The molecule has 1 aromatic carbocycles. The van der Waals surface area contributed by atoms with Crippen LogP contribution in [0.3, 0.4) is 0 Å². The molecule has 0 spiro atoms. The molecule has 0 radical (unpaired) electrons. The predicted octanol–water partition coefficient (Wildman–Crippen LogP) is 1.24. The molecular formula is C14H18Cl2N6O. The second kappa shape index (κ2) is 7.72. The van der Waals surface area contributed by atoms with E-state index in [0.29, 0.717) is 10.8 Å². The summed E-state index contributed by atoms with van der Waals surface area (Å²) < 4.78 is 0. The van der Waals surface area contributed by atoms with E-state index in [1.807, 2.05) is 19.2 Å². The molecule has 0 bridgehead atoms. The van der Waals surface area contributed by atoms with Crippen LogP contribution < -0.4 is 5.32 Å².